The second-order valence-corrected chi connectivity index (χ2v) is 7.16. The quantitative estimate of drug-likeness (QED) is 0.788. The molecule has 0 unspecified atom stereocenters. The van der Waals surface area contributed by atoms with Crippen LogP contribution in [0.4, 0.5) is 0 Å². The Kier molecular flexibility index (Phi) is 4.60. The van der Waals surface area contributed by atoms with Gasteiger partial charge < -0.3 is 4.90 Å². The highest BCUT2D eigenvalue weighted by Gasteiger charge is 2.23. The molecule has 1 heterocycles. The van der Waals surface area contributed by atoms with Crippen LogP contribution in [0.2, 0.25) is 0 Å². The van der Waals surface area contributed by atoms with Gasteiger partial charge >= 0.3 is 0 Å². The van der Waals surface area contributed by atoms with E-state index < -0.39 is 9.84 Å². The molecule has 1 aromatic carbocycles. The Bertz CT molecular complexity index is 662. The monoisotopic (exact) mass is 307 g/mol. The van der Waals surface area contributed by atoms with E-state index in [0.717, 1.165) is 0 Å². The highest BCUT2D eigenvalue weighted by atomic mass is 32.2. The lowest BCUT2D eigenvalue weighted by Crippen LogP contribution is -2.49. The molecular weight excluding hydrogens is 290 g/mol. The average Bonchev–Trinajstić information content (AvgIpc) is 2.48. The van der Waals surface area contributed by atoms with Gasteiger partial charge in [0.15, 0.2) is 9.84 Å². The summed E-state index contributed by atoms with van der Waals surface area (Å²) in [6.07, 6.45) is 0. The van der Waals surface area contributed by atoms with Crippen LogP contribution in [0.3, 0.4) is 0 Å². The number of carbonyl (C=O) groups excluding carboxylic acids is 1. The average molecular weight is 307 g/mol. The number of likely N-dealkylation sites (N-methyl/N-ethyl adjacent to an activating group) is 1. The zero-order chi connectivity index (χ0) is 15.5. The Morgan fingerprint density at radius 2 is 1.90 bits per heavy atom. The Morgan fingerprint density at radius 3 is 2.48 bits per heavy atom. The summed E-state index contributed by atoms with van der Waals surface area (Å²) >= 11 is 0. The van der Waals surface area contributed by atoms with Gasteiger partial charge in [0.1, 0.15) is 0 Å². The van der Waals surface area contributed by atoms with Crippen LogP contribution in [0.5, 0.6) is 0 Å². The number of rotatable bonds is 4. The van der Waals surface area contributed by atoms with Gasteiger partial charge in [-0.25, -0.2) is 8.42 Å². The van der Waals surface area contributed by atoms with E-state index in [1.807, 2.05) is 11.0 Å². The first kappa shape index (κ1) is 15.5. The van der Waals surface area contributed by atoms with E-state index in [1.165, 1.54) is 24.3 Å². The van der Waals surface area contributed by atoms with Gasteiger partial charge in [0.25, 0.3) is 0 Å². The van der Waals surface area contributed by atoms with E-state index in [4.69, 9.17) is 5.26 Å². The van der Waals surface area contributed by atoms with Gasteiger partial charge in [-0.3, -0.25) is 9.69 Å². The number of nitrogens with zero attached hydrogens (tertiary/aromatic N) is 3. The molecule has 0 N–H and O–H groups in total. The molecule has 1 aliphatic heterocycles. The smallest absolute Gasteiger partial charge is 0.236 e. The summed E-state index contributed by atoms with van der Waals surface area (Å²) in [5.74, 6) is -0.0207. The highest BCUT2D eigenvalue weighted by Crippen LogP contribution is 2.13. The summed E-state index contributed by atoms with van der Waals surface area (Å²) in [5, 5.41) is 8.71. The Morgan fingerprint density at radius 1 is 1.24 bits per heavy atom. The molecule has 0 saturated carbocycles. The van der Waals surface area contributed by atoms with E-state index in [2.05, 4.69) is 0 Å². The van der Waals surface area contributed by atoms with Gasteiger partial charge in [0, 0.05) is 26.7 Å². The van der Waals surface area contributed by atoms with Crippen LogP contribution in [-0.4, -0.2) is 63.1 Å². The number of sulfone groups is 1. The van der Waals surface area contributed by atoms with Gasteiger partial charge in [-0.15, -0.1) is 0 Å². The van der Waals surface area contributed by atoms with Crippen molar-refractivity contribution in [3.63, 3.8) is 0 Å². The molecule has 1 aliphatic rings. The summed E-state index contributed by atoms with van der Waals surface area (Å²) in [6, 6.07) is 7.83. The first-order valence-electron chi connectivity index (χ1n) is 6.61. The van der Waals surface area contributed by atoms with Crippen LogP contribution >= 0.6 is 0 Å². The fourth-order valence-electron chi connectivity index (χ4n) is 2.10. The van der Waals surface area contributed by atoms with E-state index in [-0.39, 0.29) is 23.1 Å². The third-order valence-corrected chi connectivity index (χ3v) is 5.27. The molecule has 1 aromatic rings. The van der Waals surface area contributed by atoms with E-state index in [1.54, 1.807) is 11.9 Å². The second kappa shape index (κ2) is 6.24. The van der Waals surface area contributed by atoms with Crippen LogP contribution in [-0.2, 0) is 14.6 Å². The first-order chi connectivity index (χ1) is 9.92. The van der Waals surface area contributed by atoms with Gasteiger partial charge in [0.05, 0.1) is 28.8 Å². The number of nitriles is 1. The van der Waals surface area contributed by atoms with Gasteiger partial charge in [-0.2, -0.15) is 5.26 Å². The molecule has 7 heteroatoms. The van der Waals surface area contributed by atoms with Crippen molar-refractivity contribution in [1.82, 2.24) is 9.80 Å². The Balaban J connectivity index is 1.98. The van der Waals surface area contributed by atoms with Gasteiger partial charge in [-0.05, 0) is 24.3 Å². The van der Waals surface area contributed by atoms with Gasteiger partial charge in [-0.1, -0.05) is 0 Å². The predicted octanol–water partition coefficient (Wildman–Crippen LogP) is 0.106. The molecular formula is C14H17N3O3S. The molecule has 112 valence electrons. The van der Waals surface area contributed by atoms with E-state index in [0.29, 0.717) is 25.2 Å². The summed E-state index contributed by atoms with van der Waals surface area (Å²) in [5.41, 5.74) is 0.429. The Labute approximate surface area is 124 Å². The zero-order valence-electron chi connectivity index (χ0n) is 11.8. The van der Waals surface area contributed by atoms with Crippen molar-refractivity contribution in [2.75, 3.05) is 39.0 Å². The molecule has 0 spiro atoms. The lowest BCUT2D eigenvalue weighted by atomic mass is 10.2. The van der Waals surface area contributed by atoms with Crippen molar-refractivity contribution in [2.24, 2.45) is 0 Å². The standard InChI is InChI=1S/C14H17N3O3S/c1-16-6-7-17(11-14(16)18)8-9-21(19,20)13-4-2-12(10-15)3-5-13/h2-5H,6-9,11H2,1H3. The van der Waals surface area contributed by atoms with Crippen molar-refractivity contribution >= 4 is 15.7 Å². The number of benzene rings is 1. The minimum atomic E-state index is -3.39. The summed E-state index contributed by atoms with van der Waals surface area (Å²) < 4.78 is 24.4. The summed E-state index contributed by atoms with van der Waals surface area (Å²) in [4.78, 5) is 15.3. The third kappa shape index (κ3) is 3.80. The number of carbonyl (C=O) groups is 1. The lowest BCUT2D eigenvalue weighted by molar-refractivity contribution is -0.134. The van der Waals surface area contributed by atoms with Gasteiger partial charge in [0.2, 0.25) is 5.91 Å². The number of piperazine rings is 1. The second-order valence-electron chi connectivity index (χ2n) is 5.05. The van der Waals surface area contributed by atoms with E-state index >= 15 is 0 Å². The maximum atomic E-state index is 12.2. The fraction of sp³-hybridized carbons (Fsp3) is 0.429. The van der Waals surface area contributed by atoms with E-state index in [9.17, 15) is 13.2 Å². The number of hydrogen-bond donors (Lipinski definition) is 0. The molecule has 0 radical (unpaired) electrons. The SMILES string of the molecule is CN1CCN(CCS(=O)(=O)c2ccc(C#N)cc2)CC1=O. The number of hydrogen-bond acceptors (Lipinski definition) is 5. The van der Waals surface area contributed by atoms with Crippen molar-refractivity contribution in [3.05, 3.63) is 29.8 Å². The normalized spacial score (nSPS) is 16.8. The third-order valence-electron chi connectivity index (χ3n) is 3.56. The topological polar surface area (TPSA) is 81.5 Å². The van der Waals surface area contributed by atoms with Crippen molar-refractivity contribution in [2.45, 2.75) is 4.90 Å². The molecule has 2 rings (SSSR count). The van der Waals surface area contributed by atoms with Crippen LogP contribution in [0.15, 0.2) is 29.2 Å². The molecule has 1 fully saturated rings. The highest BCUT2D eigenvalue weighted by molar-refractivity contribution is 7.91. The summed E-state index contributed by atoms with van der Waals surface area (Å²) in [7, 11) is -1.65. The molecule has 1 amide bonds. The predicted molar refractivity (Wildman–Crippen MR) is 77.3 cm³/mol. The van der Waals surface area contributed by atoms with Crippen molar-refractivity contribution in [1.29, 1.82) is 5.26 Å². The van der Waals surface area contributed by atoms with Crippen LogP contribution in [0.25, 0.3) is 0 Å². The maximum Gasteiger partial charge on any atom is 0.236 e. The minimum Gasteiger partial charge on any atom is -0.343 e. The fourth-order valence-corrected chi connectivity index (χ4v) is 3.39. The number of amides is 1. The largest absolute Gasteiger partial charge is 0.343 e. The minimum absolute atomic E-state index is 0.0111. The van der Waals surface area contributed by atoms with Crippen LogP contribution < -0.4 is 0 Å². The Hall–Kier alpha value is -1.91. The zero-order valence-corrected chi connectivity index (χ0v) is 12.6. The molecule has 1 saturated heterocycles. The van der Waals surface area contributed by atoms with Crippen molar-refractivity contribution in [3.8, 4) is 6.07 Å². The molecule has 6 nitrogen and oxygen atoms in total. The maximum absolute atomic E-state index is 12.2. The van der Waals surface area contributed by atoms with Crippen molar-refractivity contribution < 1.29 is 13.2 Å². The molecule has 21 heavy (non-hydrogen) atoms. The molecule has 0 atom stereocenters. The first-order valence-corrected chi connectivity index (χ1v) is 8.27. The summed E-state index contributed by atoms with van der Waals surface area (Å²) in [6.45, 7) is 1.90. The van der Waals surface area contributed by atoms with Crippen LogP contribution in [0, 0.1) is 11.3 Å². The molecule has 0 aromatic heterocycles. The van der Waals surface area contributed by atoms with Crippen LogP contribution in [0.1, 0.15) is 5.56 Å². The molecule has 0 aliphatic carbocycles. The molecule has 0 bridgehead atoms. The lowest BCUT2D eigenvalue weighted by Gasteiger charge is -2.31.